The van der Waals surface area contributed by atoms with E-state index in [2.05, 4.69) is 26.3 Å². The fraction of sp³-hybridized carbons (Fsp3) is 0.194. The summed E-state index contributed by atoms with van der Waals surface area (Å²) in [6.07, 6.45) is 10.7. The minimum Gasteiger partial charge on any atom is -0.384 e. The second-order valence-electron chi connectivity index (χ2n) is 10.4. The number of rotatable bonds is 6. The Morgan fingerprint density at radius 1 is 1.00 bits per heavy atom. The number of aromatic amines is 1. The zero-order chi connectivity index (χ0) is 27.1. The zero-order valence-corrected chi connectivity index (χ0v) is 21.7. The molecule has 6 rings (SSSR count). The molecule has 1 aliphatic carbocycles. The molecule has 0 atom stereocenters. The number of H-pyrrole nitrogens is 1. The molecule has 3 N–H and O–H groups in total. The monoisotopic (exact) mass is 518 g/mol. The van der Waals surface area contributed by atoms with Crippen LogP contribution >= 0.6 is 0 Å². The summed E-state index contributed by atoms with van der Waals surface area (Å²) in [6.45, 7) is 3.42. The van der Waals surface area contributed by atoms with Gasteiger partial charge in [0, 0.05) is 47.0 Å². The largest absolute Gasteiger partial charge is 0.384 e. The van der Waals surface area contributed by atoms with Crippen LogP contribution in [-0.2, 0) is 5.60 Å². The number of carbonyl (C=O) groups excluding carboxylic acids is 1. The minimum atomic E-state index is -1.01. The standard InChI is InChI=1S/C31H27N5O3/c1-31(2,39)27-11-8-20(17-34-27)22-13-21(15-32-16-22)19-5-3-6-24(14-19)36-18-26(30(38)35-23-9-10-23)28(37)25-7-4-12-33-29(25)36/h3-8,11-18,23,39H,9-10H2,1-2H3,(H,35,38)/p+1. The Morgan fingerprint density at radius 2 is 1.79 bits per heavy atom. The van der Waals surface area contributed by atoms with Crippen LogP contribution in [0.1, 0.15) is 42.7 Å². The Labute approximate surface area is 225 Å². The highest BCUT2D eigenvalue weighted by atomic mass is 16.3. The number of hydrogen-bond donors (Lipinski definition) is 2. The van der Waals surface area contributed by atoms with E-state index in [1.165, 1.54) is 0 Å². The topological polar surface area (TPSA) is 111 Å². The van der Waals surface area contributed by atoms with Gasteiger partial charge in [0.15, 0.2) is 12.4 Å². The first-order valence-electron chi connectivity index (χ1n) is 12.9. The first kappa shape index (κ1) is 24.6. The lowest BCUT2D eigenvalue weighted by Gasteiger charge is -2.16. The van der Waals surface area contributed by atoms with Crippen LogP contribution in [0, 0.1) is 0 Å². The molecule has 1 saturated carbocycles. The van der Waals surface area contributed by atoms with E-state index in [1.54, 1.807) is 49.1 Å². The summed E-state index contributed by atoms with van der Waals surface area (Å²) < 4.78 is 1.80. The molecule has 8 heteroatoms. The number of pyridine rings is 4. The van der Waals surface area contributed by atoms with Crippen molar-refractivity contribution in [1.82, 2.24) is 19.9 Å². The lowest BCUT2D eigenvalue weighted by Crippen LogP contribution is -2.31. The lowest BCUT2D eigenvalue weighted by molar-refractivity contribution is -0.376. The van der Waals surface area contributed by atoms with E-state index in [0.29, 0.717) is 16.7 Å². The van der Waals surface area contributed by atoms with Gasteiger partial charge >= 0.3 is 0 Å². The third kappa shape index (κ3) is 4.94. The normalized spacial score (nSPS) is 13.4. The van der Waals surface area contributed by atoms with Gasteiger partial charge in [-0.2, -0.15) is 0 Å². The molecule has 4 heterocycles. The number of carbonyl (C=O) groups is 1. The summed E-state index contributed by atoms with van der Waals surface area (Å²) in [6, 6.07) is 17.3. The molecule has 1 fully saturated rings. The number of nitrogens with zero attached hydrogens (tertiary/aromatic N) is 3. The number of aliphatic hydroxyl groups is 1. The fourth-order valence-electron chi connectivity index (χ4n) is 4.58. The van der Waals surface area contributed by atoms with Gasteiger partial charge in [0.1, 0.15) is 16.8 Å². The molecule has 4 aromatic heterocycles. The summed E-state index contributed by atoms with van der Waals surface area (Å²) in [4.78, 5) is 38.2. The number of aromatic nitrogens is 4. The fourth-order valence-corrected chi connectivity index (χ4v) is 4.58. The lowest BCUT2D eigenvalue weighted by atomic mass is 10.0. The molecular weight excluding hydrogens is 490 g/mol. The van der Waals surface area contributed by atoms with Gasteiger partial charge in [-0.05, 0) is 68.7 Å². The molecule has 5 aromatic rings. The quantitative estimate of drug-likeness (QED) is 0.352. The van der Waals surface area contributed by atoms with E-state index in [0.717, 1.165) is 40.8 Å². The molecule has 1 aromatic carbocycles. The predicted molar refractivity (Wildman–Crippen MR) is 148 cm³/mol. The number of amides is 1. The van der Waals surface area contributed by atoms with Crippen LogP contribution in [0.3, 0.4) is 0 Å². The van der Waals surface area contributed by atoms with Crippen molar-refractivity contribution in [2.75, 3.05) is 0 Å². The van der Waals surface area contributed by atoms with E-state index in [1.807, 2.05) is 48.8 Å². The van der Waals surface area contributed by atoms with E-state index in [9.17, 15) is 14.7 Å². The highest BCUT2D eigenvalue weighted by Crippen LogP contribution is 2.28. The molecule has 194 valence electrons. The summed E-state index contributed by atoms with van der Waals surface area (Å²) in [5, 5.41) is 13.5. The smallest absolute Gasteiger partial charge is 0.257 e. The van der Waals surface area contributed by atoms with Gasteiger partial charge in [-0.15, -0.1) is 0 Å². The first-order valence-corrected chi connectivity index (χ1v) is 12.9. The van der Waals surface area contributed by atoms with Gasteiger partial charge in [0.05, 0.1) is 11.1 Å². The third-order valence-corrected chi connectivity index (χ3v) is 6.89. The van der Waals surface area contributed by atoms with Gasteiger partial charge in [-0.1, -0.05) is 18.2 Å². The van der Waals surface area contributed by atoms with Crippen molar-refractivity contribution in [3.05, 3.63) is 107 Å². The van der Waals surface area contributed by atoms with Crippen LogP contribution < -0.4 is 15.7 Å². The van der Waals surface area contributed by atoms with Crippen molar-refractivity contribution in [3.8, 4) is 27.9 Å². The van der Waals surface area contributed by atoms with Gasteiger partial charge in [0.2, 0.25) is 5.43 Å². The highest BCUT2D eigenvalue weighted by molar-refractivity contribution is 5.97. The van der Waals surface area contributed by atoms with E-state index in [-0.39, 0.29) is 22.9 Å². The van der Waals surface area contributed by atoms with E-state index in [4.69, 9.17) is 0 Å². The van der Waals surface area contributed by atoms with Gasteiger partial charge < -0.3 is 15.0 Å². The van der Waals surface area contributed by atoms with Crippen molar-refractivity contribution in [1.29, 1.82) is 0 Å². The maximum absolute atomic E-state index is 13.2. The Morgan fingerprint density at radius 3 is 2.51 bits per heavy atom. The van der Waals surface area contributed by atoms with E-state index >= 15 is 0 Å². The average molecular weight is 519 g/mol. The molecule has 0 saturated heterocycles. The van der Waals surface area contributed by atoms with Crippen LogP contribution in [0.15, 0.2) is 90.4 Å². The van der Waals surface area contributed by atoms with E-state index < -0.39 is 5.60 Å². The maximum Gasteiger partial charge on any atom is 0.257 e. The third-order valence-electron chi connectivity index (χ3n) is 6.89. The highest BCUT2D eigenvalue weighted by Gasteiger charge is 2.26. The molecule has 0 spiro atoms. The van der Waals surface area contributed by atoms with Crippen molar-refractivity contribution in [3.63, 3.8) is 0 Å². The van der Waals surface area contributed by atoms with Crippen molar-refractivity contribution in [2.45, 2.75) is 38.3 Å². The summed E-state index contributed by atoms with van der Waals surface area (Å²) in [5.74, 6) is -0.357. The molecule has 1 aliphatic rings. The summed E-state index contributed by atoms with van der Waals surface area (Å²) >= 11 is 0. The number of benzene rings is 1. The zero-order valence-electron chi connectivity index (χ0n) is 21.7. The Bertz CT molecular complexity index is 1770. The SMILES string of the molecule is CC(C)(O)c1ccc(-c2c[nH+]cc(-c3cccc(-n4cc(C(=O)NC5CC5)c(=O)c5cccnc54)c3)c2)cn1. The molecule has 0 radical (unpaired) electrons. The number of fused-ring (bicyclic) bond motifs is 1. The van der Waals surface area contributed by atoms with Gasteiger partial charge in [-0.25, -0.2) is 9.97 Å². The van der Waals surface area contributed by atoms with Gasteiger partial charge in [0.25, 0.3) is 5.91 Å². The molecule has 39 heavy (non-hydrogen) atoms. The van der Waals surface area contributed by atoms with Crippen LogP contribution in [0.2, 0.25) is 0 Å². The molecule has 1 amide bonds. The first-order chi connectivity index (χ1) is 18.8. The van der Waals surface area contributed by atoms with Gasteiger partial charge in [-0.3, -0.25) is 14.6 Å². The van der Waals surface area contributed by atoms with Crippen molar-refractivity contribution < 1.29 is 14.9 Å². The molecular formula is C31H28N5O3+. The maximum atomic E-state index is 13.2. The Kier molecular flexibility index (Phi) is 6.04. The second-order valence-corrected chi connectivity index (χ2v) is 10.4. The summed E-state index contributed by atoms with van der Waals surface area (Å²) in [7, 11) is 0. The van der Waals surface area contributed by atoms with Crippen molar-refractivity contribution >= 4 is 16.9 Å². The number of nitrogens with one attached hydrogen (secondary N) is 2. The molecule has 0 bridgehead atoms. The van der Waals surface area contributed by atoms with Crippen LogP contribution in [-0.4, -0.2) is 31.6 Å². The second kappa shape index (κ2) is 9.56. The van der Waals surface area contributed by atoms with Crippen LogP contribution in [0.25, 0.3) is 39.0 Å². The van der Waals surface area contributed by atoms with Crippen molar-refractivity contribution in [2.24, 2.45) is 0 Å². The predicted octanol–water partition coefficient (Wildman–Crippen LogP) is 4.05. The average Bonchev–Trinajstić information content (AvgIpc) is 3.77. The molecule has 0 aliphatic heterocycles. The Balaban J connectivity index is 1.40. The molecule has 8 nitrogen and oxygen atoms in total. The molecule has 0 unspecified atom stereocenters. The number of hydrogen-bond acceptors (Lipinski definition) is 5. The summed E-state index contributed by atoms with van der Waals surface area (Å²) in [5.41, 5.74) is 4.39. The van der Waals surface area contributed by atoms with Crippen LogP contribution in [0.4, 0.5) is 0 Å². The minimum absolute atomic E-state index is 0.102. The Hall–Kier alpha value is -4.69. The van der Waals surface area contributed by atoms with Crippen LogP contribution in [0.5, 0.6) is 0 Å².